The van der Waals surface area contributed by atoms with E-state index in [1.807, 2.05) is 13.8 Å². The molecule has 5 heteroatoms. The third kappa shape index (κ3) is 3.52. The highest BCUT2D eigenvalue weighted by Gasteiger charge is 2.12. The van der Waals surface area contributed by atoms with Crippen LogP contribution >= 0.6 is 0 Å². The number of rotatable bonds is 6. The zero-order chi connectivity index (χ0) is 12.0. The number of nitrogens with zero attached hydrogens (tertiary/aromatic N) is 2. The van der Waals surface area contributed by atoms with Gasteiger partial charge in [-0.15, -0.1) is 0 Å². The average Bonchev–Trinajstić information content (AvgIpc) is 2.30. The molecule has 0 saturated carbocycles. The SMILES string of the molecule is COC(CNC(C)c1nccnc1C)OC. The first-order valence-corrected chi connectivity index (χ1v) is 5.25. The summed E-state index contributed by atoms with van der Waals surface area (Å²) in [6, 6.07) is 0.126. The van der Waals surface area contributed by atoms with Gasteiger partial charge in [-0.2, -0.15) is 0 Å². The van der Waals surface area contributed by atoms with Crippen molar-refractivity contribution in [2.75, 3.05) is 20.8 Å². The lowest BCUT2D eigenvalue weighted by Crippen LogP contribution is -2.32. The highest BCUT2D eigenvalue weighted by Crippen LogP contribution is 2.11. The molecule has 0 aromatic carbocycles. The second-order valence-electron chi connectivity index (χ2n) is 3.56. The molecular formula is C11H19N3O2. The van der Waals surface area contributed by atoms with Gasteiger partial charge in [0.1, 0.15) is 0 Å². The fourth-order valence-corrected chi connectivity index (χ4v) is 1.48. The van der Waals surface area contributed by atoms with Crippen LogP contribution in [0.5, 0.6) is 0 Å². The van der Waals surface area contributed by atoms with E-state index in [1.54, 1.807) is 26.6 Å². The molecule has 0 spiro atoms. The van der Waals surface area contributed by atoms with Crippen LogP contribution in [-0.2, 0) is 9.47 Å². The number of nitrogens with one attached hydrogen (secondary N) is 1. The third-order valence-electron chi connectivity index (χ3n) is 2.45. The number of methoxy groups -OCH3 is 2. The maximum absolute atomic E-state index is 5.10. The minimum Gasteiger partial charge on any atom is -0.355 e. The van der Waals surface area contributed by atoms with E-state index in [2.05, 4.69) is 15.3 Å². The number of hydrogen-bond acceptors (Lipinski definition) is 5. The first kappa shape index (κ1) is 13.0. The number of aryl methyl sites for hydroxylation is 1. The molecule has 1 N–H and O–H groups in total. The minimum atomic E-state index is -0.237. The van der Waals surface area contributed by atoms with Gasteiger partial charge in [0.05, 0.1) is 11.4 Å². The van der Waals surface area contributed by atoms with Crippen molar-refractivity contribution in [3.05, 3.63) is 23.8 Å². The van der Waals surface area contributed by atoms with Crippen molar-refractivity contribution in [3.63, 3.8) is 0 Å². The van der Waals surface area contributed by atoms with Crippen LogP contribution in [0.15, 0.2) is 12.4 Å². The number of hydrogen-bond donors (Lipinski definition) is 1. The largest absolute Gasteiger partial charge is 0.355 e. The standard InChI is InChI=1S/C11H19N3O2/c1-8-11(13-6-5-12-8)9(2)14-7-10(15-3)16-4/h5-6,9-10,14H,7H2,1-4H3. The molecule has 0 radical (unpaired) electrons. The van der Waals surface area contributed by atoms with Crippen LogP contribution in [0, 0.1) is 6.92 Å². The zero-order valence-electron chi connectivity index (χ0n) is 10.2. The molecule has 1 heterocycles. The molecule has 16 heavy (non-hydrogen) atoms. The topological polar surface area (TPSA) is 56.3 Å². The summed E-state index contributed by atoms with van der Waals surface area (Å²) in [5.41, 5.74) is 1.89. The Kier molecular flexibility index (Phi) is 5.31. The van der Waals surface area contributed by atoms with Crippen molar-refractivity contribution in [2.24, 2.45) is 0 Å². The molecule has 0 fully saturated rings. The fraction of sp³-hybridized carbons (Fsp3) is 0.636. The summed E-state index contributed by atoms with van der Waals surface area (Å²) in [7, 11) is 3.24. The normalized spacial score (nSPS) is 13.1. The number of aromatic nitrogens is 2. The van der Waals surface area contributed by atoms with Crippen molar-refractivity contribution >= 4 is 0 Å². The van der Waals surface area contributed by atoms with E-state index in [-0.39, 0.29) is 12.3 Å². The lowest BCUT2D eigenvalue weighted by atomic mass is 10.2. The van der Waals surface area contributed by atoms with Crippen LogP contribution in [0.3, 0.4) is 0 Å². The Morgan fingerprint density at radius 1 is 1.25 bits per heavy atom. The molecule has 0 bridgehead atoms. The predicted octanol–water partition coefficient (Wildman–Crippen LogP) is 1.05. The summed E-state index contributed by atoms with van der Waals surface area (Å²) >= 11 is 0. The molecule has 1 atom stereocenters. The van der Waals surface area contributed by atoms with E-state index in [4.69, 9.17) is 9.47 Å². The van der Waals surface area contributed by atoms with Gasteiger partial charge in [-0.05, 0) is 13.8 Å². The first-order valence-electron chi connectivity index (χ1n) is 5.25. The molecule has 0 saturated heterocycles. The third-order valence-corrected chi connectivity index (χ3v) is 2.45. The Balaban J connectivity index is 2.52. The van der Waals surface area contributed by atoms with E-state index >= 15 is 0 Å². The Labute approximate surface area is 96.2 Å². The van der Waals surface area contributed by atoms with Crippen LogP contribution in [0.1, 0.15) is 24.4 Å². The van der Waals surface area contributed by atoms with Gasteiger partial charge in [-0.3, -0.25) is 9.97 Å². The quantitative estimate of drug-likeness (QED) is 0.733. The van der Waals surface area contributed by atoms with Crippen LogP contribution in [0.4, 0.5) is 0 Å². The molecule has 1 unspecified atom stereocenters. The van der Waals surface area contributed by atoms with Crippen molar-refractivity contribution in [1.82, 2.24) is 15.3 Å². The first-order chi connectivity index (χ1) is 7.69. The van der Waals surface area contributed by atoms with E-state index in [1.165, 1.54) is 0 Å². The van der Waals surface area contributed by atoms with E-state index in [9.17, 15) is 0 Å². The molecule has 0 aliphatic heterocycles. The second-order valence-corrected chi connectivity index (χ2v) is 3.56. The maximum atomic E-state index is 5.10. The van der Waals surface area contributed by atoms with E-state index in [0.717, 1.165) is 11.4 Å². The van der Waals surface area contributed by atoms with Crippen molar-refractivity contribution in [1.29, 1.82) is 0 Å². The van der Waals surface area contributed by atoms with Crippen LogP contribution < -0.4 is 5.32 Å². The summed E-state index contributed by atoms with van der Waals surface area (Å²) in [6.07, 6.45) is 3.16. The van der Waals surface area contributed by atoms with Gasteiger partial charge in [-0.25, -0.2) is 0 Å². The van der Waals surface area contributed by atoms with Crippen molar-refractivity contribution in [2.45, 2.75) is 26.2 Å². The Morgan fingerprint density at radius 2 is 1.88 bits per heavy atom. The van der Waals surface area contributed by atoms with Gasteiger partial charge in [-0.1, -0.05) is 0 Å². The molecule has 1 aromatic rings. The molecule has 0 aliphatic carbocycles. The van der Waals surface area contributed by atoms with Gasteiger partial charge in [0.25, 0.3) is 0 Å². The Hall–Kier alpha value is -1.04. The van der Waals surface area contributed by atoms with E-state index in [0.29, 0.717) is 6.54 Å². The number of ether oxygens (including phenoxy) is 2. The second kappa shape index (κ2) is 6.52. The van der Waals surface area contributed by atoms with Gasteiger partial charge in [0.2, 0.25) is 0 Å². The van der Waals surface area contributed by atoms with Gasteiger partial charge >= 0.3 is 0 Å². The molecule has 90 valence electrons. The lowest BCUT2D eigenvalue weighted by Gasteiger charge is -2.18. The maximum Gasteiger partial charge on any atom is 0.169 e. The minimum absolute atomic E-state index is 0.126. The molecule has 1 rings (SSSR count). The smallest absolute Gasteiger partial charge is 0.169 e. The fourth-order valence-electron chi connectivity index (χ4n) is 1.48. The van der Waals surface area contributed by atoms with Crippen molar-refractivity contribution < 1.29 is 9.47 Å². The lowest BCUT2D eigenvalue weighted by molar-refractivity contribution is -0.0997. The van der Waals surface area contributed by atoms with Crippen LogP contribution in [0.25, 0.3) is 0 Å². The van der Waals surface area contributed by atoms with Gasteiger partial charge < -0.3 is 14.8 Å². The summed E-state index contributed by atoms with van der Waals surface area (Å²) < 4.78 is 10.2. The molecule has 1 aromatic heterocycles. The highest BCUT2D eigenvalue weighted by atomic mass is 16.7. The summed E-state index contributed by atoms with van der Waals surface area (Å²) in [6.45, 7) is 4.61. The predicted molar refractivity (Wildman–Crippen MR) is 61.0 cm³/mol. The molecule has 0 aliphatic rings. The van der Waals surface area contributed by atoms with E-state index < -0.39 is 0 Å². The Morgan fingerprint density at radius 3 is 2.44 bits per heavy atom. The molecule has 0 amide bonds. The van der Waals surface area contributed by atoms with Gasteiger partial charge in [0.15, 0.2) is 6.29 Å². The Bertz CT molecular complexity index is 316. The summed E-state index contributed by atoms with van der Waals surface area (Å²) in [5, 5.41) is 3.29. The highest BCUT2D eigenvalue weighted by molar-refractivity contribution is 5.12. The van der Waals surface area contributed by atoms with Gasteiger partial charge in [0, 0.05) is 39.2 Å². The summed E-state index contributed by atoms with van der Waals surface area (Å²) in [5.74, 6) is 0. The molecular weight excluding hydrogens is 206 g/mol. The average molecular weight is 225 g/mol. The molecule has 5 nitrogen and oxygen atoms in total. The summed E-state index contributed by atoms with van der Waals surface area (Å²) in [4.78, 5) is 8.50. The zero-order valence-corrected chi connectivity index (χ0v) is 10.2. The van der Waals surface area contributed by atoms with Crippen LogP contribution in [0.2, 0.25) is 0 Å². The van der Waals surface area contributed by atoms with Crippen molar-refractivity contribution in [3.8, 4) is 0 Å². The monoisotopic (exact) mass is 225 g/mol. The van der Waals surface area contributed by atoms with Crippen LogP contribution in [-0.4, -0.2) is 37.0 Å².